The number of nitrogens with one attached hydrogen (secondary N) is 1. The van der Waals surface area contributed by atoms with Crippen molar-refractivity contribution >= 4 is 45.9 Å². The predicted octanol–water partition coefficient (Wildman–Crippen LogP) is 5.23. The quantitative estimate of drug-likeness (QED) is 0.424. The van der Waals surface area contributed by atoms with Crippen molar-refractivity contribution in [2.45, 2.75) is 18.6 Å². The topological polar surface area (TPSA) is 73.0 Å². The lowest BCUT2D eigenvalue weighted by atomic mass is 10.2. The zero-order chi connectivity index (χ0) is 20.4. The van der Waals surface area contributed by atoms with E-state index in [0.717, 1.165) is 17.0 Å². The average molecular weight is 431 g/mol. The van der Waals surface area contributed by atoms with Crippen LogP contribution in [0.1, 0.15) is 6.92 Å². The molecule has 0 aliphatic carbocycles. The Hall–Kier alpha value is -2.84. The van der Waals surface area contributed by atoms with Crippen LogP contribution in [-0.4, -0.2) is 26.4 Å². The molecular formula is C20H16ClFN4O2S. The standard InChI is InChI=1S/C20H16ClFN4O2S/c1-2-26-19(17-9-12-5-3-4-6-16(12)28-17)24-25-20(26)29-11-18(27)23-15-8-7-13(21)10-14(15)22/h3-10H,2,11H2,1H3,(H,23,27). The number of anilines is 1. The molecule has 0 atom stereocenters. The molecule has 0 radical (unpaired) electrons. The first-order valence-corrected chi connectivity index (χ1v) is 10.2. The number of amides is 1. The smallest absolute Gasteiger partial charge is 0.234 e. The first-order valence-electron chi connectivity index (χ1n) is 8.85. The molecule has 2 heterocycles. The summed E-state index contributed by atoms with van der Waals surface area (Å²) in [5, 5.41) is 12.8. The minimum atomic E-state index is -0.584. The third kappa shape index (κ3) is 4.13. The number of fused-ring (bicyclic) bond motifs is 1. The van der Waals surface area contributed by atoms with Gasteiger partial charge in [-0.3, -0.25) is 9.36 Å². The van der Waals surface area contributed by atoms with Crippen molar-refractivity contribution in [2.75, 3.05) is 11.1 Å². The molecular weight excluding hydrogens is 415 g/mol. The normalized spacial score (nSPS) is 11.1. The molecule has 0 fully saturated rings. The molecule has 0 bridgehead atoms. The second-order valence-electron chi connectivity index (χ2n) is 6.16. The summed E-state index contributed by atoms with van der Waals surface area (Å²) in [7, 11) is 0. The van der Waals surface area contributed by atoms with Crippen molar-refractivity contribution in [3.63, 3.8) is 0 Å². The third-order valence-corrected chi connectivity index (χ3v) is 5.42. The highest BCUT2D eigenvalue weighted by molar-refractivity contribution is 7.99. The Morgan fingerprint density at radius 3 is 2.83 bits per heavy atom. The van der Waals surface area contributed by atoms with E-state index in [1.807, 2.05) is 41.8 Å². The molecule has 0 saturated carbocycles. The number of carbonyl (C=O) groups is 1. The van der Waals surface area contributed by atoms with Gasteiger partial charge in [0.05, 0.1) is 11.4 Å². The molecule has 2 aromatic heterocycles. The molecule has 4 aromatic rings. The molecule has 2 aromatic carbocycles. The number of hydrogen-bond donors (Lipinski definition) is 1. The second-order valence-corrected chi connectivity index (χ2v) is 7.54. The van der Waals surface area contributed by atoms with E-state index in [1.165, 1.54) is 23.9 Å². The Morgan fingerprint density at radius 2 is 2.07 bits per heavy atom. The Morgan fingerprint density at radius 1 is 1.24 bits per heavy atom. The number of thioether (sulfide) groups is 1. The number of aromatic nitrogens is 3. The minimum absolute atomic E-state index is 0.0559. The highest BCUT2D eigenvalue weighted by Gasteiger charge is 2.18. The van der Waals surface area contributed by atoms with Gasteiger partial charge in [-0.2, -0.15) is 0 Å². The van der Waals surface area contributed by atoms with Crippen LogP contribution in [0.4, 0.5) is 10.1 Å². The summed E-state index contributed by atoms with van der Waals surface area (Å²) < 4.78 is 21.6. The van der Waals surface area contributed by atoms with Crippen LogP contribution in [0.25, 0.3) is 22.6 Å². The van der Waals surface area contributed by atoms with Crippen LogP contribution < -0.4 is 5.32 Å². The van der Waals surface area contributed by atoms with Crippen molar-refractivity contribution < 1.29 is 13.6 Å². The molecule has 0 saturated heterocycles. The lowest BCUT2D eigenvalue weighted by molar-refractivity contribution is -0.113. The predicted molar refractivity (Wildman–Crippen MR) is 112 cm³/mol. The number of furan rings is 1. The van der Waals surface area contributed by atoms with Crippen LogP contribution in [0, 0.1) is 5.82 Å². The Bertz CT molecular complexity index is 1160. The fraction of sp³-hybridized carbons (Fsp3) is 0.150. The fourth-order valence-corrected chi connectivity index (χ4v) is 3.82. The number of benzene rings is 2. The summed E-state index contributed by atoms with van der Waals surface area (Å²) in [6, 6.07) is 13.7. The van der Waals surface area contributed by atoms with Gasteiger partial charge in [0.25, 0.3) is 0 Å². The maximum atomic E-state index is 13.8. The number of hydrogen-bond acceptors (Lipinski definition) is 5. The number of para-hydroxylation sites is 1. The van der Waals surface area contributed by atoms with E-state index in [2.05, 4.69) is 15.5 Å². The van der Waals surface area contributed by atoms with E-state index in [9.17, 15) is 9.18 Å². The van der Waals surface area contributed by atoms with E-state index < -0.39 is 5.82 Å². The van der Waals surface area contributed by atoms with Gasteiger partial charge in [-0.05, 0) is 37.3 Å². The number of halogens is 2. The van der Waals surface area contributed by atoms with E-state index in [-0.39, 0.29) is 22.4 Å². The maximum Gasteiger partial charge on any atom is 0.234 e. The van der Waals surface area contributed by atoms with Gasteiger partial charge < -0.3 is 9.73 Å². The zero-order valence-electron chi connectivity index (χ0n) is 15.4. The molecule has 0 spiro atoms. The van der Waals surface area contributed by atoms with Crippen molar-refractivity contribution in [2.24, 2.45) is 0 Å². The highest BCUT2D eigenvalue weighted by atomic mass is 35.5. The molecule has 9 heteroatoms. The van der Waals surface area contributed by atoms with Gasteiger partial charge in [-0.25, -0.2) is 4.39 Å². The Kier molecular flexibility index (Phi) is 5.55. The van der Waals surface area contributed by atoms with Gasteiger partial charge in [0.15, 0.2) is 10.9 Å². The van der Waals surface area contributed by atoms with Crippen molar-refractivity contribution in [1.82, 2.24) is 14.8 Å². The van der Waals surface area contributed by atoms with Crippen LogP contribution in [0.5, 0.6) is 0 Å². The second kappa shape index (κ2) is 8.26. The first kappa shape index (κ1) is 19.5. The summed E-state index contributed by atoms with van der Waals surface area (Å²) in [6.07, 6.45) is 0. The van der Waals surface area contributed by atoms with Gasteiger partial charge in [0.1, 0.15) is 11.4 Å². The average Bonchev–Trinajstić information content (AvgIpc) is 3.31. The van der Waals surface area contributed by atoms with E-state index in [4.69, 9.17) is 16.0 Å². The van der Waals surface area contributed by atoms with E-state index >= 15 is 0 Å². The zero-order valence-corrected chi connectivity index (χ0v) is 16.9. The third-order valence-electron chi connectivity index (χ3n) is 4.22. The Balaban J connectivity index is 1.48. The Labute approximate surface area is 175 Å². The monoisotopic (exact) mass is 430 g/mol. The van der Waals surface area contributed by atoms with Gasteiger partial charge >= 0.3 is 0 Å². The molecule has 1 N–H and O–H groups in total. The lowest BCUT2D eigenvalue weighted by Gasteiger charge is -2.07. The van der Waals surface area contributed by atoms with Crippen LogP contribution in [0.2, 0.25) is 5.02 Å². The summed E-state index contributed by atoms with van der Waals surface area (Å²) in [6.45, 7) is 2.57. The van der Waals surface area contributed by atoms with Crippen molar-refractivity contribution in [3.8, 4) is 11.6 Å². The summed E-state index contributed by atoms with van der Waals surface area (Å²) >= 11 is 6.94. The molecule has 0 aliphatic heterocycles. The van der Waals surface area contributed by atoms with Crippen LogP contribution in [-0.2, 0) is 11.3 Å². The molecule has 0 unspecified atom stereocenters. The summed E-state index contributed by atoms with van der Waals surface area (Å²) in [5.41, 5.74) is 0.853. The van der Waals surface area contributed by atoms with Crippen LogP contribution in [0.15, 0.2) is 58.1 Å². The number of nitrogens with zero attached hydrogens (tertiary/aromatic N) is 3. The molecule has 6 nitrogen and oxygen atoms in total. The largest absolute Gasteiger partial charge is 0.453 e. The van der Waals surface area contributed by atoms with Crippen molar-refractivity contribution in [1.29, 1.82) is 0 Å². The SMILES string of the molecule is CCn1c(SCC(=O)Nc2ccc(Cl)cc2F)nnc1-c1cc2ccccc2o1. The highest BCUT2D eigenvalue weighted by Crippen LogP contribution is 2.29. The molecule has 29 heavy (non-hydrogen) atoms. The molecule has 4 rings (SSSR count). The van der Waals surface area contributed by atoms with E-state index in [1.54, 1.807) is 0 Å². The van der Waals surface area contributed by atoms with Crippen molar-refractivity contribution in [3.05, 3.63) is 59.4 Å². The van der Waals surface area contributed by atoms with Crippen LogP contribution in [0.3, 0.4) is 0 Å². The molecule has 1 amide bonds. The number of carbonyl (C=O) groups excluding carboxylic acids is 1. The first-order chi connectivity index (χ1) is 14.0. The van der Waals surface area contributed by atoms with E-state index in [0.29, 0.717) is 23.3 Å². The number of rotatable bonds is 6. The lowest BCUT2D eigenvalue weighted by Crippen LogP contribution is -2.15. The summed E-state index contributed by atoms with van der Waals surface area (Å²) in [5.74, 6) is 0.322. The van der Waals surface area contributed by atoms with Crippen LogP contribution >= 0.6 is 23.4 Å². The fourth-order valence-electron chi connectivity index (χ4n) is 2.86. The summed E-state index contributed by atoms with van der Waals surface area (Å²) in [4.78, 5) is 12.2. The maximum absolute atomic E-state index is 13.8. The molecule has 0 aliphatic rings. The molecule has 148 valence electrons. The minimum Gasteiger partial charge on any atom is -0.453 e. The van der Waals surface area contributed by atoms with Gasteiger partial charge in [-0.15, -0.1) is 10.2 Å². The van der Waals surface area contributed by atoms with Gasteiger partial charge in [0, 0.05) is 17.0 Å². The van der Waals surface area contributed by atoms with Gasteiger partial charge in [-0.1, -0.05) is 41.6 Å². The van der Waals surface area contributed by atoms with Gasteiger partial charge in [0.2, 0.25) is 11.7 Å².